The number of carbonyl (C=O) groups excluding carboxylic acids is 1. The number of nitrogens with one attached hydrogen (secondary N) is 1. The number of rotatable bonds is 3. The number of nitrogens with zero attached hydrogens (tertiary/aromatic N) is 3. The lowest BCUT2D eigenvalue weighted by molar-refractivity contribution is -0.116. The van der Waals surface area contributed by atoms with Crippen LogP contribution in [0.15, 0.2) is 23.0 Å². The van der Waals surface area contributed by atoms with Crippen molar-refractivity contribution in [2.24, 2.45) is 0 Å². The largest absolute Gasteiger partial charge is 0.346 e. The highest BCUT2D eigenvalue weighted by molar-refractivity contribution is 6.33. The number of anilines is 1. The molecule has 1 aromatic heterocycles. The summed E-state index contributed by atoms with van der Waals surface area (Å²) in [4.78, 5) is 24.6. The minimum atomic E-state index is -0.441. The topological polar surface area (TPSA) is 68.9 Å². The maximum absolute atomic E-state index is 12.4. The molecule has 124 valence electrons. The Morgan fingerprint density at radius 1 is 1.30 bits per heavy atom. The van der Waals surface area contributed by atoms with Crippen molar-refractivity contribution in [1.29, 1.82) is 0 Å². The van der Waals surface area contributed by atoms with E-state index in [1.165, 1.54) is 9.25 Å². The lowest BCUT2D eigenvalue weighted by Crippen LogP contribution is -2.37. The summed E-state index contributed by atoms with van der Waals surface area (Å²) in [5.41, 5.74) is 0.784. The van der Waals surface area contributed by atoms with Crippen LogP contribution in [0.3, 0.4) is 0 Å². The van der Waals surface area contributed by atoms with Crippen molar-refractivity contribution in [3.8, 4) is 0 Å². The van der Waals surface area contributed by atoms with Crippen LogP contribution in [-0.4, -0.2) is 20.3 Å². The van der Waals surface area contributed by atoms with Gasteiger partial charge < -0.3 is 5.32 Å². The van der Waals surface area contributed by atoms with E-state index in [1.807, 2.05) is 33.8 Å². The molecule has 0 fully saturated rings. The van der Waals surface area contributed by atoms with Crippen molar-refractivity contribution in [2.75, 3.05) is 5.32 Å². The summed E-state index contributed by atoms with van der Waals surface area (Å²) in [6, 6.07) is 5.37. The first-order valence-electron chi connectivity index (χ1n) is 7.32. The fourth-order valence-corrected chi connectivity index (χ4v) is 2.45. The fraction of sp³-hybridized carbons (Fsp3) is 0.438. The van der Waals surface area contributed by atoms with E-state index >= 15 is 0 Å². The lowest BCUT2D eigenvalue weighted by atomic mass is 10.1. The van der Waals surface area contributed by atoms with E-state index in [1.54, 1.807) is 19.1 Å². The summed E-state index contributed by atoms with van der Waals surface area (Å²) >= 11 is 6.10. The molecule has 0 aliphatic heterocycles. The van der Waals surface area contributed by atoms with Crippen LogP contribution in [0, 0.1) is 13.8 Å². The normalized spacial score (nSPS) is 11.6. The van der Waals surface area contributed by atoms with Gasteiger partial charge in [0, 0.05) is 0 Å². The van der Waals surface area contributed by atoms with Gasteiger partial charge in [0.05, 0.1) is 16.2 Å². The Kier molecular flexibility index (Phi) is 4.66. The zero-order chi connectivity index (χ0) is 17.4. The van der Waals surface area contributed by atoms with Crippen molar-refractivity contribution < 1.29 is 4.79 Å². The van der Waals surface area contributed by atoms with Gasteiger partial charge in [0.15, 0.2) is 0 Å². The van der Waals surface area contributed by atoms with Gasteiger partial charge in [-0.25, -0.2) is 9.48 Å². The first-order chi connectivity index (χ1) is 10.6. The fourth-order valence-electron chi connectivity index (χ4n) is 2.17. The third kappa shape index (κ3) is 3.82. The zero-order valence-corrected chi connectivity index (χ0v) is 14.7. The van der Waals surface area contributed by atoms with Crippen LogP contribution < -0.4 is 11.0 Å². The molecule has 1 heterocycles. The molecule has 2 rings (SSSR count). The Hall–Kier alpha value is -2.08. The average Bonchev–Trinajstić information content (AvgIpc) is 2.70. The zero-order valence-electron chi connectivity index (χ0n) is 14.0. The number of halogens is 1. The second-order valence-electron chi connectivity index (χ2n) is 6.53. The van der Waals surface area contributed by atoms with Crippen molar-refractivity contribution in [3.05, 3.63) is 45.1 Å². The van der Waals surface area contributed by atoms with Crippen LogP contribution in [0.5, 0.6) is 0 Å². The maximum atomic E-state index is 12.4. The number of hydrogen-bond acceptors (Lipinski definition) is 3. The van der Waals surface area contributed by atoms with Gasteiger partial charge in [-0.3, -0.25) is 9.36 Å². The predicted octanol–water partition coefficient (Wildman–Crippen LogP) is 2.71. The van der Waals surface area contributed by atoms with Gasteiger partial charge in [-0.2, -0.15) is 5.10 Å². The summed E-state index contributed by atoms with van der Waals surface area (Å²) in [6.45, 7) is 9.17. The van der Waals surface area contributed by atoms with Crippen LogP contribution >= 0.6 is 11.6 Å². The summed E-state index contributed by atoms with van der Waals surface area (Å²) in [6.07, 6.45) is 0. The monoisotopic (exact) mass is 336 g/mol. The molecule has 6 nitrogen and oxygen atoms in total. The van der Waals surface area contributed by atoms with E-state index in [9.17, 15) is 9.59 Å². The molecular weight excluding hydrogens is 316 g/mol. The molecule has 0 saturated carbocycles. The van der Waals surface area contributed by atoms with E-state index in [-0.39, 0.29) is 18.1 Å². The molecule has 0 bridgehead atoms. The van der Waals surface area contributed by atoms with Gasteiger partial charge in [-0.05, 0) is 52.3 Å². The van der Waals surface area contributed by atoms with Crippen molar-refractivity contribution in [3.63, 3.8) is 0 Å². The molecule has 23 heavy (non-hydrogen) atoms. The van der Waals surface area contributed by atoms with E-state index in [4.69, 9.17) is 11.6 Å². The first kappa shape index (κ1) is 17.3. The first-order valence-corrected chi connectivity index (χ1v) is 7.70. The summed E-state index contributed by atoms with van der Waals surface area (Å²) in [5.74, 6) is 0.171. The van der Waals surface area contributed by atoms with Crippen molar-refractivity contribution in [2.45, 2.75) is 46.7 Å². The molecule has 0 saturated heterocycles. The quantitative estimate of drug-likeness (QED) is 0.937. The Balaban J connectivity index is 2.21. The Labute approximate surface area is 140 Å². The highest BCUT2D eigenvalue weighted by atomic mass is 35.5. The smallest absolute Gasteiger partial charge is 0.323 e. The summed E-state index contributed by atoms with van der Waals surface area (Å²) < 4.78 is 2.73. The van der Waals surface area contributed by atoms with Gasteiger partial charge in [0.25, 0.3) is 0 Å². The third-order valence-corrected chi connectivity index (χ3v) is 3.70. The molecule has 1 amide bonds. The van der Waals surface area contributed by atoms with Gasteiger partial charge in [0.1, 0.15) is 12.4 Å². The standard InChI is InChI=1S/C16H21ClN4O2/c1-10-6-7-13(12(17)8-10)18-14(22)9-20-11(2)19-21(15(20)23)16(3,4)5/h6-8H,9H2,1-5H3,(H,18,22). The molecule has 0 unspecified atom stereocenters. The summed E-state index contributed by atoms with van der Waals surface area (Å²) in [7, 11) is 0. The number of carbonyl (C=O) groups is 1. The number of amides is 1. The second kappa shape index (κ2) is 6.20. The van der Waals surface area contributed by atoms with Gasteiger partial charge in [0.2, 0.25) is 5.91 Å². The maximum Gasteiger partial charge on any atom is 0.346 e. The Bertz CT molecular complexity index is 799. The molecule has 0 atom stereocenters. The van der Waals surface area contributed by atoms with Gasteiger partial charge >= 0.3 is 5.69 Å². The molecule has 2 aromatic rings. The molecule has 0 aliphatic rings. The number of benzene rings is 1. The number of hydrogen-bond donors (Lipinski definition) is 1. The van der Waals surface area contributed by atoms with Crippen LogP contribution in [0.25, 0.3) is 0 Å². The third-order valence-electron chi connectivity index (χ3n) is 3.38. The molecule has 0 aliphatic carbocycles. The van der Waals surface area contributed by atoms with Crippen molar-refractivity contribution in [1.82, 2.24) is 14.3 Å². The molecule has 1 N–H and O–H groups in total. The van der Waals surface area contributed by atoms with Crippen LogP contribution in [-0.2, 0) is 16.9 Å². The minimum Gasteiger partial charge on any atom is -0.323 e. The highest BCUT2D eigenvalue weighted by Gasteiger charge is 2.22. The highest BCUT2D eigenvalue weighted by Crippen LogP contribution is 2.22. The predicted molar refractivity (Wildman–Crippen MR) is 91.0 cm³/mol. The van der Waals surface area contributed by atoms with E-state index < -0.39 is 5.54 Å². The second-order valence-corrected chi connectivity index (χ2v) is 6.94. The van der Waals surface area contributed by atoms with E-state index in [0.29, 0.717) is 16.5 Å². The van der Waals surface area contributed by atoms with Gasteiger partial charge in [-0.15, -0.1) is 0 Å². The minimum absolute atomic E-state index is 0.106. The van der Waals surface area contributed by atoms with Crippen LogP contribution in [0.2, 0.25) is 5.02 Å². The number of aryl methyl sites for hydroxylation is 2. The molecule has 7 heteroatoms. The van der Waals surface area contributed by atoms with E-state index in [2.05, 4.69) is 10.4 Å². The lowest BCUT2D eigenvalue weighted by Gasteiger charge is -2.16. The van der Waals surface area contributed by atoms with Gasteiger partial charge in [-0.1, -0.05) is 17.7 Å². The Morgan fingerprint density at radius 3 is 2.48 bits per heavy atom. The SMILES string of the molecule is Cc1ccc(NC(=O)Cn2c(C)nn(C(C)(C)C)c2=O)c(Cl)c1. The molecular formula is C16H21ClN4O2. The van der Waals surface area contributed by atoms with E-state index in [0.717, 1.165) is 5.56 Å². The molecule has 0 radical (unpaired) electrons. The van der Waals surface area contributed by atoms with Crippen LogP contribution in [0.4, 0.5) is 5.69 Å². The average molecular weight is 337 g/mol. The number of aromatic nitrogens is 3. The van der Waals surface area contributed by atoms with Crippen LogP contribution in [0.1, 0.15) is 32.2 Å². The molecule has 0 spiro atoms. The Morgan fingerprint density at radius 2 is 1.96 bits per heavy atom. The van der Waals surface area contributed by atoms with Crippen molar-refractivity contribution >= 4 is 23.2 Å². The molecule has 1 aromatic carbocycles. The summed E-state index contributed by atoms with van der Waals surface area (Å²) in [5, 5.41) is 7.42.